The summed E-state index contributed by atoms with van der Waals surface area (Å²) in [6.07, 6.45) is 0. The van der Waals surface area contributed by atoms with Crippen molar-refractivity contribution in [3.8, 4) is 0 Å². The van der Waals surface area contributed by atoms with E-state index in [0.29, 0.717) is 11.1 Å². The second kappa shape index (κ2) is 4.13. The zero-order valence-corrected chi connectivity index (χ0v) is 10.6. The molecule has 3 rings (SSSR count). The fourth-order valence-electron chi connectivity index (χ4n) is 2.40. The molecule has 1 aliphatic rings. The summed E-state index contributed by atoms with van der Waals surface area (Å²) >= 11 is 0. The number of rotatable bonds is 1. The van der Waals surface area contributed by atoms with Crippen LogP contribution in [0.25, 0.3) is 0 Å². The molecule has 1 aliphatic carbocycles. The molecule has 0 saturated heterocycles. The van der Waals surface area contributed by atoms with E-state index in [0.717, 1.165) is 5.56 Å². The number of carboxylic acids is 1. The molecule has 0 radical (unpaired) electrons. The third-order valence-electron chi connectivity index (χ3n) is 3.42. The van der Waals surface area contributed by atoms with E-state index >= 15 is 0 Å². The van der Waals surface area contributed by atoms with Crippen LogP contribution in [-0.4, -0.2) is 22.6 Å². The lowest BCUT2D eigenvalue weighted by molar-refractivity contribution is 0.0696. The van der Waals surface area contributed by atoms with Gasteiger partial charge in [0, 0.05) is 22.3 Å². The number of carbonyl (C=O) groups excluding carboxylic acids is 2. The lowest BCUT2D eigenvalue weighted by Crippen LogP contribution is -2.21. The van der Waals surface area contributed by atoms with Crippen molar-refractivity contribution in [3.63, 3.8) is 0 Å². The largest absolute Gasteiger partial charge is 0.478 e. The molecule has 98 valence electrons. The lowest BCUT2D eigenvalue weighted by atomic mass is 9.83. The predicted octanol–water partition coefficient (Wildman–Crippen LogP) is 2.47. The molecule has 20 heavy (non-hydrogen) atoms. The van der Waals surface area contributed by atoms with Crippen molar-refractivity contribution < 1.29 is 19.5 Å². The van der Waals surface area contributed by atoms with Gasteiger partial charge in [0.1, 0.15) is 0 Å². The Labute approximate surface area is 114 Å². The van der Waals surface area contributed by atoms with Crippen molar-refractivity contribution in [2.75, 3.05) is 0 Å². The molecule has 4 heteroatoms. The molecule has 0 bridgehead atoms. The van der Waals surface area contributed by atoms with E-state index in [2.05, 4.69) is 0 Å². The van der Waals surface area contributed by atoms with Crippen molar-refractivity contribution in [3.05, 3.63) is 69.8 Å². The predicted molar refractivity (Wildman–Crippen MR) is 71.4 cm³/mol. The average Bonchev–Trinajstić information content (AvgIpc) is 2.44. The molecule has 1 N–H and O–H groups in total. The van der Waals surface area contributed by atoms with Crippen LogP contribution in [0.3, 0.4) is 0 Å². The van der Waals surface area contributed by atoms with Crippen molar-refractivity contribution in [2.24, 2.45) is 0 Å². The van der Waals surface area contributed by atoms with Crippen LogP contribution in [0.5, 0.6) is 0 Å². The highest BCUT2D eigenvalue weighted by Gasteiger charge is 2.30. The maximum absolute atomic E-state index is 12.4. The van der Waals surface area contributed by atoms with Crippen molar-refractivity contribution in [2.45, 2.75) is 6.92 Å². The minimum Gasteiger partial charge on any atom is -0.478 e. The Balaban J connectivity index is 2.27. The van der Waals surface area contributed by atoms with Gasteiger partial charge in [0.2, 0.25) is 0 Å². The molecule has 0 fully saturated rings. The molecule has 0 spiro atoms. The van der Waals surface area contributed by atoms with E-state index in [1.165, 1.54) is 18.2 Å². The second-order valence-corrected chi connectivity index (χ2v) is 4.77. The summed E-state index contributed by atoms with van der Waals surface area (Å²) in [4.78, 5) is 35.8. The van der Waals surface area contributed by atoms with Gasteiger partial charge < -0.3 is 5.11 Å². The molecule has 0 unspecified atom stereocenters. The van der Waals surface area contributed by atoms with Gasteiger partial charge in [-0.2, -0.15) is 0 Å². The van der Waals surface area contributed by atoms with Gasteiger partial charge in [-0.25, -0.2) is 4.79 Å². The minimum absolute atomic E-state index is 0.000929. The van der Waals surface area contributed by atoms with Gasteiger partial charge in [-0.15, -0.1) is 0 Å². The smallest absolute Gasteiger partial charge is 0.335 e. The number of carbonyl (C=O) groups is 3. The summed E-state index contributed by atoms with van der Waals surface area (Å²) in [6, 6.07) is 9.09. The summed E-state index contributed by atoms with van der Waals surface area (Å²) in [5.74, 6) is -1.67. The number of carboxylic acid groups (broad SMARTS) is 1. The first kappa shape index (κ1) is 12.3. The van der Waals surface area contributed by atoms with Crippen LogP contribution in [0.2, 0.25) is 0 Å². The fraction of sp³-hybridized carbons (Fsp3) is 0.0625. The highest BCUT2D eigenvalue weighted by atomic mass is 16.4. The molecule has 0 heterocycles. The first-order valence-electron chi connectivity index (χ1n) is 6.06. The fourth-order valence-corrected chi connectivity index (χ4v) is 2.40. The van der Waals surface area contributed by atoms with E-state index in [4.69, 9.17) is 5.11 Å². The molecular weight excluding hydrogens is 256 g/mol. The third-order valence-corrected chi connectivity index (χ3v) is 3.42. The second-order valence-electron chi connectivity index (χ2n) is 4.77. The van der Waals surface area contributed by atoms with Gasteiger partial charge in [-0.3, -0.25) is 9.59 Å². The summed E-state index contributed by atoms with van der Waals surface area (Å²) in [5, 5.41) is 8.98. The highest BCUT2D eigenvalue weighted by Crippen LogP contribution is 2.28. The summed E-state index contributed by atoms with van der Waals surface area (Å²) < 4.78 is 0. The molecule has 0 saturated carbocycles. The standard InChI is InChI=1S/C16H10O4/c1-8-2-4-10-12(6-8)15(18)13-7-9(16(19)20)3-5-11(13)14(10)17/h2-7H,1H3,(H,19,20). The maximum atomic E-state index is 12.4. The van der Waals surface area contributed by atoms with Gasteiger partial charge in [0.25, 0.3) is 0 Å². The molecule has 2 aromatic carbocycles. The molecule has 2 aromatic rings. The summed E-state index contributed by atoms with van der Waals surface area (Å²) in [5.41, 5.74) is 2.01. The maximum Gasteiger partial charge on any atom is 0.335 e. The van der Waals surface area contributed by atoms with Gasteiger partial charge in [0.05, 0.1) is 5.56 Å². The van der Waals surface area contributed by atoms with Crippen LogP contribution >= 0.6 is 0 Å². The van der Waals surface area contributed by atoms with E-state index in [1.807, 2.05) is 6.92 Å². The van der Waals surface area contributed by atoms with Crippen molar-refractivity contribution in [1.29, 1.82) is 0 Å². The third kappa shape index (κ3) is 1.66. The number of fused-ring (bicyclic) bond motifs is 2. The highest BCUT2D eigenvalue weighted by molar-refractivity contribution is 6.28. The first-order valence-corrected chi connectivity index (χ1v) is 6.06. The Hall–Kier alpha value is -2.75. The Morgan fingerprint density at radius 3 is 2.05 bits per heavy atom. The Kier molecular flexibility index (Phi) is 2.54. The molecular formula is C16H10O4. The number of hydrogen-bond donors (Lipinski definition) is 1. The van der Waals surface area contributed by atoms with E-state index < -0.39 is 5.97 Å². The molecule has 0 aliphatic heterocycles. The summed E-state index contributed by atoms with van der Waals surface area (Å²) in [7, 11) is 0. The van der Waals surface area contributed by atoms with Crippen LogP contribution < -0.4 is 0 Å². The summed E-state index contributed by atoms with van der Waals surface area (Å²) in [6.45, 7) is 1.83. The van der Waals surface area contributed by atoms with E-state index in [1.54, 1.807) is 18.2 Å². The number of hydrogen-bond acceptors (Lipinski definition) is 3. The van der Waals surface area contributed by atoms with Gasteiger partial charge in [-0.1, -0.05) is 17.7 Å². The van der Waals surface area contributed by atoms with Gasteiger partial charge in [0.15, 0.2) is 11.6 Å². The lowest BCUT2D eigenvalue weighted by Gasteiger charge is -2.18. The van der Waals surface area contributed by atoms with Gasteiger partial charge in [-0.05, 0) is 31.2 Å². The van der Waals surface area contributed by atoms with Gasteiger partial charge >= 0.3 is 5.97 Å². The van der Waals surface area contributed by atoms with Crippen LogP contribution in [0.4, 0.5) is 0 Å². The Bertz CT molecular complexity index is 787. The first-order chi connectivity index (χ1) is 9.49. The molecule has 0 aromatic heterocycles. The zero-order valence-electron chi connectivity index (χ0n) is 10.6. The van der Waals surface area contributed by atoms with Crippen LogP contribution in [0.15, 0.2) is 36.4 Å². The number of benzene rings is 2. The quantitative estimate of drug-likeness (QED) is 0.734. The topological polar surface area (TPSA) is 71.4 Å². The Morgan fingerprint density at radius 2 is 1.40 bits per heavy atom. The van der Waals surface area contributed by atoms with E-state index in [9.17, 15) is 14.4 Å². The van der Waals surface area contributed by atoms with Crippen LogP contribution in [0, 0.1) is 6.92 Å². The number of ketones is 2. The minimum atomic E-state index is -1.12. The molecule has 0 amide bonds. The normalized spacial score (nSPS) is 12.8. The van der Waals surface area contributed by atoms with Crippen molar-refractivity contribution >= 4 is 17.5 Å². The number of aryl methyl sites for hydroxylation is 1. The number of aromatic carboxylic acids is 1. The monoisotopic (exact) mass is 266 g/mol. The van der Waals surface area contributed by atoms with Crippen LogP contribution in [0.1, 0.15) is 47.8 Å². The zero-order chi connectivity index (χ0) is 14.4. The Morgan fingerprint density at radius 1 is 0.850 bits per heavy atom. The average molecular weight is 266 g/mol. The van der Waals surface area contributed by atoms with E-state index in [-0.39, 0.29) is 28.3 Å². The molecule has 4 nitrogen and oxygen atoms in total. The SMILES string of the molecule is Cc1ccc2c(c1)C(=O)c1cc(C(=O)O)ccc1C2=O. The van der Waals surface area contributed by atoms with Crippen molar-refractivity contribution in [1.82, 2.24) is 0 Å². The van der Waals surface area contributed by atoms with Crippen LogP contribution in [-0.2, 0) is 0 Å². The molecule has 0 atom stereocenters.